The molecule has 2 heterocycles. The number of urea groups is 1. The Morgan fingerprint density at radius 3 is 2.73 bits per heavy atom. The van der Waals surface area contributed by atoms with E-state index in [0.717, 1.165) is 23.4 Å². The molecule has 1 atom stereocenters. The molecular formula is C20H28N4O2. The lowest BCUT2D eigenvalue weighted by atomic mass is 10.0. The third-order valence-corrected chi connectivity index (χ3v) is 4.76. The topological polar surface area (TPSA) is 59.4 Å². The van der Waals surface area contributed by atoms with Gasteiger partial charge >= 0.3 is 6.03 Å². The number of nitrogens with one attached hydrogen (secondary N) is 1. The van der Waals surface area contributed by atoms with Gasteiger partial charge in [0.1, 0.15) is 6.10 Å². The summed E-state index contributed by atoms with van der Waals surface area (Å²) >= 11 is 0. The maximum atomic E-state index is 12.8. The number of aryl methyl sites for hydroxylation is 2. The van der Waals surface area contributed by atoms with Gasteiger partial charge in [-0.25, -0.2) is 4.79 Å². The van der Waals surface area contributed by atoms with Crippen molar-refractivity contribution >= 4 is 11.7 Å². The molecule has 3 rings (SSSR count). The van der Waals surface area contributed by atoms with Gasteiger partial charge in [0.05, 0.1) is 24.5 Å². The summed E-state index contributed by atoms with van der Waals surface area (Å²) in [7, 11) is 1.87. The molecule has 1 aromatic carbocycles. The molecule has 1 aliphatic heterocycles. The molecule has 1 N–H and O–H groups in total. The molecule has 0 unspecified atom stereocenters. The van der Waals surface area contributed by atoms with Crippen LogP contribution >= 0.6 is 0 Å². The third kappa shape index (κ3) is 4.07. The van der Waals surface area contributed by atoms with E-state index < -0.39 is 0 Å². The Hall–Kier alpha value is -2.34. The van der Waals surface area contributed by atoms with E-state index in [4.69, 9.17) is 4.74 Å². The second-order valence-electron chi connectivity index (χ2n) is 7.09. The van der Waals surface area contributed by atoms with Crippen LogP contribution in [0.15, 0.2) is 30.5 Å². The van der Waals surface area contributed by atoms with Crippen LogP contribution in [-0.4, -0.2) is 40.4 Å². The zero-order chi connectivity index (χ0) is 18.7. The van der Waals surface area contributed by atoms with Crippen molar-refractivity contribution in [2.75, 3.05) is 25.0 Å². The number of amides is 2. The summed E-state index contributed by atoms with van der Waals surface area (Å²) in [4.78, 5) is 14.6. The summed E-state index contributed by atoms with van der Waals surface area (Å²) in [5.74, 6) is 0.251. The van der Waals surface area contributed by atoms with Crippen LogP contribution in [0.25, 0.3) is 0 Å². The van der Waals surface area contributed by atoms with Crippen molar-refractivity contribution in [1.82, 2.24) is 14.7 Å². The molecule has 0 saturated carbocycles. The Labute approximate surface area is 155 Å². The summed E-state index contributed by atoms with van der Waals surface area (Å²) in [6.45, 7) is 7.96. The largest absolute Gasteiger partial charge is 0.370 e. The Balaban J connectivity index is 1.68. The van der Waals surface area contributed by atoms with Crippen LogP contribution in [0.3, 0.4) is 0 Å². The highest BCUT2D eigenvalue weighted by Crippen LogP contribution is 2.25. The van der Waals surface area contributed by atoms with Gasteiger partial charge in [0.2, 0.25) is 0 Å². The second kappa shape index (κ2) is 7.91. The van der Waals surface area contributed by atoms with Crippen molar-refractivity contribution in [3.63, 3.8) is 0 Å². The fourth-order valence-corrected chi connectivity index (χ4v) is 3.23. The third-order valence-electron chi connectivity index (χ3n) is 4.76. The molecule has 2 amide bonds. The van der Waals surface area contributed by atoms with E-state index in [-0.39, 0.29) is 18.1 Å². The van der Waals surface area contributed by atoms with Gasteiger partial charge in [-0.3, -0.25) is 4.68 Å². The number of nitrogens with zero attached hydrogens (tertiary/aromatic N) is 3. The molecule has 26 heavy (non-hydrogen) atoms. The monoisotopic (exact) mass is 356 g/mol. The maximum Gasteiger partial charge on any atom is 0.322 e. The van der Waals surface area contributed by atoms with Crippen molar-refractivity contribution in [2.24, 2.45) is 7.05 Å². The van der Waals surface area contributed by atoms with Crippen molar-refractivity contribution in [3.05, 3.63) is 47.3 Å². The highest BCUT2D eigenvalue weighted by atomic mass is 16.5. The fraction of sp³-hybridized carbons (Fsp3) is 0.500. The van der Waals surface area contributed by atoms with Gasteiger partial charge in [-0.15, -0.1) is 0 Å². The zero-order valence-electron chi connectivity index (χ0n) is 16.0. The minimum atomic E-state index is -0.0987. The van der Waals surface area contributed by atoms with Crippen LogP contribution in [0, 0.1) is 0 Å². The lowest BCUT2D eigenvalue weighted by Crippen LogP contribution is -2.44. The number of benzene rings is 1. The summed E-state index contributed by atoms with van der Waals surface area (Å²) in [6.07, 6.45) is 2.79. The number of aromatic nitrogens is 2. The number of hydrogen-bond acceptors (Lipinski definition) is 3. The number of carbonyl (C=O) groups excluding carboxylic acids is 1. The van der Waals surface area contributed by atoms with E-state index in [1.54, 1.807) is 4.68 Å². The lowest BCUT2D eigenvalue weighted by molar-refractivity contribution is -0.0135. The molecule has 6 heteroatoms. The standard InChI is InChI=1S/C20H28N4O2/c1-5-15-6-8-16(9-7-15)18-13-24(10-11-26-18)20(25)21-17-12-23(4)22-19(17)14(2)3/h6-9,12,14,18H,5,10-11,13H2,1-4H3,(H,21,25)/t18-/m0/s1. The molecular weight excluding hydrogens is 328 g/mol. The first-order valence-electron chi connectivity index (χ1n) is 9.27. The summed E-state index contributed by atoms with van der Waals surface area (Å²) in [5.41, 5.74) is 4.10. The van der Waals surface area contributed by atoms with Crippen molar-refractivity contribution in [3.8, 4) is 0 Å². The first kappa shape index (κ1) is 18.5. The first-order valence-corrected chi connectivity index (χ1v) is 9.27. The molecule has 1 aromatic heterocycles. The predicted octanol–water partition coefficient (Wildman–Crippen LogP) is 3.71. The molecule has 0 aliphatic carbocycles. The maximum absolute atomic E-state index is 12.8. The van der Waals surface area contributed by atoms with Gasteiger partial charge in [-0.05, 0) is 23.5 Å². The van der Waals surface area contributed by atoms with Crippen LogP contribution in [0.5, 0.6) is 0 Å². The van der Waals surface area contributed by atoms with Gasteiger partial charge in [0, 0.05) is 19.8 Å². The van der Waals surface area contributed by atoms with E-state index in [1.165, 1.54) is 5.56 Å². The van der Waals surface area contributed by atoms with Crippen molar-refractivity contribution in [1.29, 1.82) is 0 Å². The number of morpholine rings is 1. The lowest BCUT2D eigenvalue weighted by Gasteiger charge is -2.33. The summed E-state index contributed by atoms with van der Waals surface area (Å²) < 4.78 is 7.63. The van der Waals surface area contributed by atoms with E-state index in [9.17, 15) is 4.79 Å². The minimum Gasteiger partial charge on any atom is -0.370 e. The highest BCUT2D eigenvalue weighted by Gasteiger charge is 2.26. The molecule has 1 aliphatic rings. The Morgan fingerprint density at radius 1 is 1.35 bits per heavy atom. The van der Waals surface area contributed by atoms with Crippen LogP contribution in [-0.2, 0) is 18.2 Å². The minimum absolute atomic E-state index is 0.0844. The van der Waals surface area contributed by atoms with Crippen LogP contribution < -0.4 is 5.32 Å². The van der Waals surface area contributed by atoms with Gasteiger partial charge in [0.15, 0.2) is 0 Å². The van der Waals surface area contributed by atoms with Crippen LogP contribution in [0.4, 0.5) is 10.5 Å². The van der Waals surface area contributed by atoms with Gasteiger partial charge in [-0.2, -0.15) is 5.10 Å². The number of rotatable bonds is 4. The molecule has 1 saturated heterocycles. The van der Waals surface area contributed by atoms with E-state index >= 15 is 0 Å². The molecule has 2 aromatic rings. The smallest absolute Gasteiger partial charge is 0.322 e. The summed E-state index contributed by atoms with van der Waals surface area (Å²) in [5, 5.41) is 7.47. The Morgan fingerprint density at radius 2 is 2.08 bits per heavy atom. The van der Waals surface area contributed by atoms with E-state index in [2.05, 4.69) is 55.5 Å². The molecule has 6 nitrogen and oxygen atoms in total. The number of hydrogen-bond donors (Lipinski definition) is 1. The Bertz CT molecular complexity index is 752. The Kier molecular flexibility index (Phi) is 5.61. The molecule has 0 bridgehead atoms. The van der Waals surface area contributed by atoms with Gasteiger partial charge < -0.3 is 15.0 Å². The molecule has 0 radical (unpaired) electrons. The van der Waals surface area contributed by atoms with E-state index in [0.29, 0.717) is 19.7 Å². The molecule has 0 spiro atoms. The first-order chi connectivity index (χ1) is 12.5. The highest BCUT2D eigenvalue weighted by molar-refractivity contribution is 5.90. The number of ether oxygens (including phenoxy) is 1. The quantitative estimate of drug-likeness (QED) is 0.908. The fourth-order valence-electron chi connectivity index (χ4n) is 3.23. The molecule has 140 valence electrons. The average Bonchev–Trinajstić information content (AvgIpc) is 3.02. The van der Waals surface area contributed by atoms with Gasteiger partial charge in [0.25, 0.3) is 0 Å². The van der Waals surface area contributed by atoms with E-state index in [1.807, 2.05) is 18.1 Å². The number of anilines is 1. The van der Waals surface area contributed by atoms with Crippen LogP contribution in [0.2, 0.25) is 0 Å². The number of carbonyl (C=O) groups is 1. The van der Waals surface area contributed by atoms with Crippen LogP contribution in [0.1, 0.15) is 49.6 Å². The zero-order valence-corrected chi connectivity index (χ0v) is 16.0. The molecule has 1 fully saturated rings. The average molecular weight is 356 g/mol. The normalized spacial score (nSPS) is 17.6. The second-order valence-corrected chi connectivity index (χ2v) is 7.09. The van der Waals surface area contributed by atoms with Gasteiger partial charge in [-0.1, -0.05) is 45.0 Å². The SMILES string of the molecule is CCc1ccc([C@@H]2CN(C(=O)Nc3cn(C)nc3C(C)C)CCO2)cc1. The van der Waals surface area contributed by atoms with Crippen molar-refractivity contribution < 1.29 is 9.53 Å². The summed E-state index contributed by atoms with van der Waals surface area (Å²) in [6, 6.07) is 8.36. The predicted molar refractivity (Wildman–Crippen MR) is 102 cm³/mol. The van der Waals surface area contributed by atoms with Crippen molar-refractivity contribution in [2.45, 2.75) is 39.2 Å².